The van der Waals surface area contributed by atoms with Crippen LogP contribution in [0, 0.1) is 11.8 Å². The van der Waals surface area contributed by atoms with Gasteiger partial charge in [-0.1, -0.05) is 83.7 Å². The Bertz CT molecular complexity index is 1730. The summed E-state index contributed by atoms with van der Waals surface area (Å²) in [7, 11) is 0. The van der Waals surface area contributed by atoms with Crippen molar-refractivity contribution in [3.63, 3.8) is 0 Å². The number of carbonyl (C=O) groups is 1. The topological polar surface area (TPSA) is 99.5 Å². The molecule has 2 aromatic carbocycles. The highest BCUT2D eigenvalue weighted by molar-refractivity contribution is 6.07. The lowest BCUT2D eigenvalue weighted by molar-refractivity contribution is 0.262. The van der Waals surface area contributed by atoms with E-state index in [1.165, 1.54) is 4.57 Å². The number of anilines is 2. The van der Waals surface area contributed by atoms with Crippen LogP contribution < -0.4 is 16.2 Å². The predicted octanol–water partition coefficient (Wildman–Crippen LogP) is 7.03. The monoisotopic (exact) mass is 607 g/mol. The summed E-state index contributed by atoms with van der Waals surface area (Å²) >= 11 is 0. The number of fused-ring (bicyclic) bond motifs is 1. The second-order valence-corrected chi connectivity index (χ2v) is 11.7. The van der Waals surface area contributed by atoms with Crippen LogP contribution in [0.2, 0.25) is 0 Å². The Balaban J connectivity index is 1.87. The van der Waals surface area contributed by atoms with Crippen molar-refractivity contribution in [1.29, 1.82) is 0 Å². The molecular formula is C37H45N5O3. The second kappa shape index (κ2) is 15.5. The van der Waals surface area contributed by atoms with Gasteiger partial charge < -0.3 is 15.7 Å². The lowest BCUT2D eigenvalue weighted by Gasteiger charge is -2.21. The van der Waals surface area contributed by atoms with Gasteiger partial charge in [-0.15, -0.1) is 0 Å². The number of hydrogen-bond acceptors (Lipinski definition) is 5. The van der Waals surface area contributed by atoms with Gasteiger partial charge in [-0.05, 0) is 72.3 Å². The molecule has 0 saturated heterocycles. The Hall–Kier alpha value is -4.45. The number of aryl methyl sites for hydroxylation is 1. The highest BCUT2D eigenvalue weighted by Crippen LogP contribution is 2.35. The molecule has 0 bridgehead atoms. The van der Waals surface area contributed by atoms with Crippen molar-refractivity contribution >= 4 is 28.4 Å². The fourth-order valence-corrected chi connectivity index (χ4v) is 5.54. The van der Waals surface area contributed by atoms with Gasteiger partial charge in [-0.2, -0.15) is 0 Å². The van der Waals surface area contributed by atoms with Gasteiger partial charge in [0, 0.05) is 41.5 Å². The number of nitrogens with one attached hydrogen (secondary N) is 2. The number of aliphatic hydroxyl groups excluding tert-OH is 1. The first-order valence-corrected chi connectivity index (χ1v) is 15.8. The Labute approximate surface area is 266 Å². The zero-order chi connectivity index (χ0) is 32.5. The van der Waals surface area contributed by atoms with E-state index in [2.05, 4.69) is 73.9 Å². The standard InChI is InChI=1S/C37H45N5O3/c1-7-41(8-2)21-12-15-27-14-9-16-28(24-27)32-31-19-11-20-38-35(31)42(22-13-23-43)36(44)34(32)40-37(45)39-33-29(25(3)4)17-10-18-30(33)26(5)6/h9-11,14,16-20,24-26,43H,7-8,13,21-23H2,1-6H3,(H2,39,40,45). The van der Waals surface area contributed by atoms with Crippen LogP contribution in [0.1, 0.15) is 76.5 Å². The second-order valence-electron chi connectivity index (χ2n) is 11.7. The summed E-state index contributed by atoms with van der Waals surface area (Å²) in [6, 6.07) is 17.0. The molecule has 4 aromatic rings. The number of para-hydroxylation sites is 1. The van der Waals surface area contributed by atoms with Crippen LogP contribution in [-0.4, -0.2) is 51.8 Å². The van der Waals surface area contributed by atoms with E-state index in [0.29, 0.717) is 29.6 Å². The summed E-state index contributed by atoms with van der Waals surface area (Å²) in [5.41, 5.74) is 5.18. The zero-order valence-electron chi connectivity index (χ0n) is 27.3. The van der Waals surface area contributed by atoms with E-state index < -0.39 is 6.03 Å². The normalized spacial score (nSPS) is 11.2. The van der Waals surface area contributed by atoms with Crippen molar-refractivity contribution in [3.8, 4) is 23.0 Å². The van der Waals surface area contributed by atoms with Crippen molar-refractivity contribution in [2.75, 3.05) is 36.9 Å². The highest BCUT2D eigenvalue weighted by Gasteiger charge is 2.22. The molecule has 0 aliphatic rings. The van der Waals surface area contributed by atoms with Crippen molar-refractivity contribution in [2.24, 2.45) is 0 Å². The van der Waals surface area contributed by atoms with Crippen molar-refractivity contribution in [2.45, 2.75) is 66.3 Å². The fraction of sp³-hybridized carbons (Fsp3) is 0.378. The molecule has 0 radical (unpaired) electrons. The Morgan fingerprint density at radius 2 is 1.62 bits per heavy atom. The largest absolute Gasteiger partial charge is 0.396 e. The molecule has 0 fully saturated rings. The molecule has 2 heterocycles. The number of pyridine rings is 2. The number of urea groups is 1. The third-order valence-corrected chi connectivity index (χ3v) is 7.99. The minimum Gasteiger partial charge on any atom is -0.396 e. The number of amides is 2. The maximum absolute atomic E-state index is 14.2. The number of benzene rings is 2. The van der Waals surface area contributed by atoms with E-state index in [1.54, 1.807) is 6.20 Å². The van der Waals surface area contributed by atoms with E-state index in [9.17, 15) is 14.7 Å². The average Bonchev–Trinajstić information content (AvgIpc) is 3.03. The molecule has 0 atom stereocenters. The van der Waals surface area contributed by atoms with Crippen molar-refractivity contribution < 1.29 is 9.90 Å². The molecule has 236 valence electrons. The number of aromatic nitrogens is 2. The van der Waals surface area contributed by atoms with Gasteiger partial charge in [0.05, 0.1) is 6.54 Å². The minimum absolute atomic E-state index is 0.0794. The molecule has 0 aliphatic heterocycles. The summed E-state index contributed by atoms with van der Waals surface area (Å²) in [6.07, 6.45) is 2.01. The van der Waals surface area contributed by atoms with Crippen molar-refractivity contribution in [1.82, 2.24) is 14.5 Å². The third-order valence-electron chi connectivity index (χ3n) is 7.99. The maximum Gasteiger partial charge on any atom is 0.323 e. The first-order chi connectivity index (χ1) is 21.7. The molecule has 2 aromatic heterocycles. The van der Waals surface area contributed by atoms with Crippen LogP contribution >= 0.6 is 0 Å². The van der Waals surface area contributed by atoms with Crippen LogP contribution in [0.15, 0.2) is 65.6 Å². The van der Waals surface area contributed by atoms with Gasteiger partial charge in [0.15, 0.2) is 0 Å². The molecule has 0 saturated carbocycles. The minimum atomic E-state index is -0.504. The summed E-state index contributed by atoms with van der Waals surface area (Å²) in [5, 5.41) is 16.3. The van der Waals surface area contributed by atoms with Gasteiger partial charge in [0.2, 0.25) is 0 Å². The molecule has 0 unspecified atom stereocenters. The van der Waals surface area contributed by atoms with Crippen LogP contribution in [0.25, 0.3) is 22.2 Å². The van der Waals surface area contributed by atoms with E-state index in [-0.39, 0.29) is 36.2 Å². The summed E-state index contributed by atoms with van der Waals surface area (Å²) < 4.78 is 1.53. The molecule has 8 nitrogen and oxygen atoms in total. The van der Waals surface area contributed by atoms with Crippen molar-refractivity contribution in [3.05, 3.63) is 87.8 Å². The number of aliphatic hydroxyl groups is 1. The summed E-state index contributed by atoms with van der Waals surface area (Å²) in [6.45, 7) is 15.3. The van der Waals surface area contributed by atoms with E-state index in [1.807, 2.05) is 54.6 Å². The maximum atomic E-state index is 14.2. The Kier molecular flexibility index (Phi) is 11.5. The Morgan fingerprint density at radius 1 is 0.956 bits per heavy atom. The van der Waals surface area contributed by atoms with E-state index in [4.69, 9.17) is 0 Å². The molecule has 0 spiro atoms. The van der Waals surface area contributed by atoms with Crippen LogP contribution in [0.5, 0.6) is 0 Å². The highest BCUT2D eigenvalue weighted by atomic mass is 16.3. The van der Waals surface area contributed by atoms with Crippen LogP contribution in [0.3, 0.4) is 0 Å². The number of hydrogen-bond donors (Lipinski definition) is 3. The lowest BCUT2D eigenvalue weighted by atomic mass is 9.93. The molecule has 45 heavy (non-hydrogen) atoms. The van der Waals surface area contributed by atoms with E-state index >= 15 is 0 Å². The third kappa shape index (κ3) is 7.80. The quantitative estimate of drug-likeness (QED) is 0.159. The van der Waals surface area contributed by atoms with Crippen LogP contribution in [-0.2, 0) is 6.54 Å². The van der Waals surface area contributed by atoms with Gasteiger partial charge in [-0.25, -0.2) is 9.78 Å². The Morgan fingerprint density at radius 3 is 2.27 bits per heavy atom. The van der Waals surface area contributed by atoms with Gasteiger partial charge in [-0.3, -0.25) is 14.3 Å². The molecular weight excluding hydrogens is 562 g/mol. The molecule has 3 N–H and O–H groups in total. The summed E-state index contributed by atoms with van der Waals surface area (Å²) in [5.74, 6) is 6.89. The van der Waals surface area contributed by atoms with Gasteiger partial charge >= 0.3 is 6.03 Å². The number of carbonyl (C=O) groups excluding carboxylic acids is 1. The fourth-order valence-electron chi connectivity index (χ4n) is 5.54. The average molecular weight is 608 g/mol. The van der Waals surface area contributed by atoms with Gasteiger partial charge in [0.25, 0.3) is 5.56 Å². The lowest BCUT2D eigenvalue weighted by Crippen LogP contribution is -2.30. The SMILES string of the molecule is CCN(CC)CC#Cc1cccc(-c2c(NC(=O)Nc3c(C(C)C)cccc3C(C)C)c(=O)n(CCCO)c3ncccc23)c1. The number of nitrogens with zero attached hydrogens (tertiary/aromatic N) is 3. The number of rotatable bonds is 11. The zero-order valence-corrected chi connectivity index (χ0v) is 27.3. The predicted molar refractivity (Wildman–Crippen MR) is 185 cm³/mol. The first kappa shape index (κ1) is 33.4. The molecule has 8 heteroatoms. The molecule has 0 aliphatic carbocycles. The summed E-state index contributed by atoms with van der Waals surface area (Å²) in [4.78, 5) is 34.8. The molecule has 2 amide bonds. The van der Waals surface area contributed by atoms with E-state index in [0.717, 1.165) is 41.0 Å². The molecule has 4 rings (SSSR count). The van der Waals surface area contributed by atoms with Gasteiger partial charge in [0.1, 0.15) is 11.3 Å². The smallest absolute Gasteiger partial charge is 0.323 e. The first-order valence-electron chi connectivity index (χ1n) is 15.8. The van der Waals surface area contributed by atoms with Crippen LogP contribution in [0.4, 0.5) is 16.2 Å².